The van der Waals surface area contributed by atoms with Crippen molar-refractivity contribution in [1.29, 1.82) is 0 Å². The van der Waals surface area contributed by atoms with Crippen LogP contribution >= 0.6 is 11.6 Å². The molecule has 0 fully saturated rings. The highest BCUT2D eigenvalue weighted by Crippen LogP contribution is 2.29. The van der Waals surface area contributed by atoms with E-state index < -0.39 is 23.6 Å². The Morgan fingerprint density at radius 3 is 2.40 bits per heavy atom. The van der Waals surface area contributed by atoms with Crippen LogP contribution in [0.4, 0.5) is 13.2 Å². The van der Waals surface area contributed by atoms with Crippen molar-refractivity contribution in [3.63, 3.8) is 0 Å². The highest BCUT2D eigenvalue weighted by Gasteiger charge is 2.30. The largest absolute Gasteiger partial charge is 0.416 e. The molecule has 0 aromatic heterocycles. The third kappa shape index (κ3) is 5.79. The van der Waals surface area contributed by atoms with Gasteiger partial charge in [0, 0.05) is 17.1 Å². The summed E-state index contributed by atoms with van der Waals surface area (Å²) in [4.78, 5) is 23.6. The fraction of sp³-hybridized carbons (Fsp3) is 0.176. The minimum absolute atomic E-state index is 0.0736. The molecule has 0 bridgehead atoms. The topological polar surface area (TPSA) is 58.2 Å². The zero-order valence-electron chi connectivity index (χ0n) is 12.9. The predicted molar refractivity (Wildman–Crippen MR) is 87.1 cm³/mol. The average Bonchev–Trinajstić information content (AvgIpc) is 2.57. The molecular formula is C17H14ClF3N2O2. The summed E-state index contributed by atoms with van der Waals surface area (Å²) in [5.74, 6) is -0.996. The zero-order chi connectivity index (χ0) is 18.4. The second-order valence-electron chi connectivity index (χ2n) is 5.17. The van der Waals surface area contributed by atoms with E-state index in [-0.39, 0.29) is 13.1 Å². The molecule has 0 radical (unpaired) electrons. The van der Waals surface area contributed by atoms with Gasteiger partial charge in [-0.1, -0.05) is 29.8 Å². The SMILES string of the molecule is O=C(CNC(=O)c1cccc(Cl)c1)NCc1cccc(C(F)(F)F)c1. The van der Waals surface area contributed by atoms with Crippen molar-refractivity contribution in [3.8, 4) is 0 Å². The average molecular weight is 371 g/mol. The Morgan fingerprint density at radius 2 is 1.72 bits per heavy atom. The van der Waals surface area contributed by atoms with Crippen LogP contribution in [0, 0.1) is 0 Å². The van der Waals surface area contributed by atoms with Crippen molar-refractivity contribution >= 4 is 23.4 Å². The van der Waals surface area contributed by atoms with Crippen LogP contribution in [0.1, 0.15) is 21.5 Å². The minimum atomic E-state index is -4.44. The van der Waals surface area contributed by atoms with Gasteiger partial charge in [0.15, 0.2) is 0 Å². The number of halogens is 4. The summed E-state index contributed by atoms with van der Waals surface area (Å²) in [6, 6.07) is 10.9. The van der Waals surface area contributed by atoms with E-state index in [1.165, 1.54) is 18.2 Å². The molecule has 2 aromatic rings. The Bertz CT molecular complexity index is 778. The monoisotopic (exact) mass is 370 g/mol. The fourth-order valence-corrected chi connectivity index (χ4v) is 2.20. The van der Waals surface area contributed by atoms with Gasteiger partial charge in [-0.15, -0.1) is 0 Å². The standard InChI is InChI=1S/C17H14ClF3N2O2/c18-14-6-2-4-12(8-14)16(25)23-10-15(24)22-9-11-3-1-5-13(7-11)17(19,20)21/h1-8H,9-10H2,(H,22,24)(H,23,25). The quantitative estimate of drug-likeness (QED) is 0.847. The molecular weight excluding hydrogens is 357 g/mol. The Labute approximate surface area is 147 Å². The predicted octanol–water partition coefficient (Wildman–Crippen LogP) is 3.41. The van der Waals surface area contributed by atoms with Gasteiger partial charge in [0.2, 0.25) is 5.91 Å². The maximum absolute atomic E-state index is 12.6. The third-order valence-corrected chi connectivity index (χ3v) is 3.48. The number of rotatable bonds is 5. The van der Waals surface area contributed by atoms with Crippen molar-refractivity contribution in [1.82, 2.24) is 10.6 Å². The van der Waals surface area contributed by atoms with Crippen molar-refractivity contribution in [2.45, 2.75) is 12.7 Å². The Hall–Kier alpha value is -2.54. The number of carbonyl (C=O) groups is 2. The van der Waals surface area contributed by atoms with Gasteiger partial charge in [0.1, 0.15) is 0 Å². The van der Waals surface area contributed by atoms with Crippen LogP contribution < -0.4 is 10.6 Å². The number of amides is 2. The van der Waals surface area contributed by atoms with Crippen LogP contribution in [-0.4, -0.2) is 18.4 Å². The van der Waals surface area contributed by atoms with Crippen LogP contribution in [-0.2, 0) is 17.5 Å². The molecule has 2 rings (SSSR count). The first-order valence-electron chi connectivity index (χ1n) is 7.22. The second kappa shape index (κ2) is 8.02. The van der Waals surface area contributed by atoms with Crippen LogP contribution in [0.2, 0.25) is 5.02 Å². The van der Waals surface area contributed by atoms with Crippen LogP contribution in [0.3, 0.4) is 0 Å². The maximum Gasteiger partial charge on any atom is 0.416 e. The summed E-state index contributed by atoms with van der Waals surface area (Å²) >= 11 is 5.77. The number of carbonyl (C=O) groups excluding carboxylic acids is 2. The van der Waals surface area contributed by atoms with Gasteiger partial charge in [-0.25, -0.2) is 0 Å². The first kappa shape index (κ1) is 18.8. The van der Waals surface area contributed by atoms with E-state index in [9.17, 15) is 22.8 Å². The van der Waals surface area contributed by atoms with Crippen LogP contribution in [0.5, 0.6) is 0 Å². The van der Waals surface area contributed by atoms with Gasteiger partial charge < -0.3 is 10.6 Å². The molecule has 0 saturated heterocycles. The molecule has 0 heterocycles. The Kier molecular flexibility index (Phi) is 6.03. The van der Waals surface area contributed by atoms with Gasteiger partial charge in [0.25, 0.3) is 5.91 Å². The minimum Gasteiger partial charge on any atom is -0.350 e. The third-order valence-electron chi connectivity index (χ3n) is 3.24. The Morgan fingerprint density at radius 1 is 1.00 bits per heavy atom. The molecule has 2 aromatic carbocycles. The molecule has 8 heteroatoms. The van der Waals surface area contributed by atoms with Crippen LogP contribution in [0.25, 0.3) is 0 Å². The zero-order valence-corrected chi connectivity index (χ0v) is 13.6. The molecule has 0 aliphatic carbocycles. The van der Waals surface area contributed by atoms with E-state index in [0.29, 0.717) is 16.1 Å². The molecule has 0 saturated carbocycles. The molecule has 0 aliphatic rings. The van der Waals surface area contributed by atoms with Crippen molar-refractivity contribution in [3.05, 3.63) is 70.2 Å². The summed E-state index contributed by atoms with van der Waals surface area (Å²) in [5.41, 5.74) is -0.170. The Balaban J connectivity index is 1.84. The number of hydrogen-bond acceptors (Lipinski definition) is 2. The first-order chi connectivity index (χ1) is 11.8. The van der Waals surface area contributed by atoms with Gasteiger partial charge in [-0.3, -0.25) is 9.59 Å². The van der Waals surface area contributed by atoms with E-state index in [4.69, 9.17) is 11.6 Å². The summed E-state index contributed by atoms with van der Waals surface area (Å²) in [6.45, 7) is -0.375. The normalized spacial score (nSPS) is 11.0. The number of benzene rings is 2. The highest BCUT2D eigenvalue weighted by molar-refractivity contribution is 6.30. The van der Waals surface area contributed by atoms with Gasteiger partial charge in [0.05, 0.1) is 12.1 Å². The van der Waals surface area contributed by atoms with Gasteiger partial charge >= 0.3 is 6.18 Å². The van der Waals surface area contributed by atoms with E-state index in [1.54, 1.807) is 18.2 Å². The number of alkyl halides is 3. The lowest BCUT2D eigenvalue weighted by molar-refractivity contribution is -0.137. The van der Waals surface area contributed by atoms with E-state index in [2.05, 4.69) is 10.6 Å². The molecule has 2 N–H and O–H groups in total. The smallest absolute Gasteiger partial charge is 0.350 e. The van der Waals surface area contributed by atoms with E-state index in [1.807, 2.05) is 0 Å². The molecule has 0 aliphatic heterocycles. The molecule has 2 amide bonds. The molecule has 0 spiro atoms. The maximum atomic E-state index is 12.6. The van der Waals surface area contributed by atoms with Crippen LogP contribution in [0.15, 0.2) is 48.5 Å². The molecule has 25 heavy (non-hydrogen) atoms. The molecule has 0 unspecified atom stereocenters. The number of nitrogens with one attached hydrogen (secondary N) is 2. The lowest BCUT2D eigenvalue weighted by Gasteiger charge is -2.10. The summed E-state index contributed by atoms with van der Waals surface area (Å²) in [5, 5.41) is 5.25. The van der Waals surface area contributed by atoms with E-state index >= 15 is 0 Å². The van der Waals surface area contributed by atoms with Crippen molar-refractivity contribution < 1.29 is 22.8 Å². The number of hydrogen-bond donors (Lipinski definition) is 2. The lowest BCUT2D eigenvalue weighted by atomic mass is 10.1. The second-order valence-corrected chi connectivity index (χ2v) is 5.60. The highest BCUT2D eigenvalue weighted by atomic mass is 35.5. The fourth-order valence-electron chi connectivity index (χ4n) is 2.01. The molecule has 4 nitrogen and oxygen atoms in total. The lowest BCUT2D eigenvalue weighted by Crippen LogP contribution is -2.36. The first-order valence-corrected chi connectivity index (χ1v) is 7.60. The van der Waals surface area contributed by atoms with Gasteiger partial charge in [-0.05, 0) is 35.9 Å². The van der Waals surface area contributed by atoms with Crippen molar-refractivity contribution in [2.75, 3.05) is 6.54 Å². The summed E-state index contributed by atoms with van der Waals surface area (Å²) in [7, 11) is 0. The molecule has 132 valence electrons. The summed E-state index contributed by atoms with van der Waals surface area (Å²) < 4.78 is 37.9. The summed E-state index contributed by atoms with van der Waals surface area (Å²) in [6.07, 6.45) is -4.44. The van der Waals surface area contributed by atoms with Gasteiger partial charge in [-0.2, -0.15) is 13.2 Å². The molecule has 0 atom stereocenters. The van der Waals surface area contributed by atoms with E-state index in [0.717, 1.165) is 12.1 Å². The van der Waals surface area contributed by atoms with Crippen molar-refractivity contribution in [2.24, 2.45) is 0 Å².